The molecule has 1 aliphatic heterocycles. The van der Waals surface area contributed by atoms with Crippen LogP contribution in [0.15, 0.2) is 30.6 Å². The van der Waals surface area contributed by atoms with Crippen molar-refractivity contribution in [1.82, 2.24) is 9.97 Å². The van der Waals surface area contributed by atoms with E-state index in [1.807, 2.05) is 12.1 Å². The molecule has 0 bridgehead atoms. The second-order valence-electron chi connectivity index (χ2n) is 4.54. The normalized spacial score (nSPS) is 13.7. The maximum Gasteiger partial charge on any atom is 0.183 e. The number of fused-ring (bicyclic) bond motifs is 1. The van der Waals surface area contributed by atoms with E-state index in [1.54, 1.807) is 6.20 Å². The topological polar surface area (TPSA) is 78.8 Å². The Morgan fingerprint density at radius 2 is 2.05 bits per heavy atom. The Balaban J connectivity index is 1.96. The second kappa shape index (κ2) is 4.58. The van der Waals surface area contributed by atoms with Crippen LogP contribution in [0, 0.1) is 11.3 Å². The molecule has 0 aliphatic carbocycles. The van der Waals surface area contributed by atoms with Gasteiger partial charge in [0.15, 0.2) is 11.5 Å². The lowest BCUT2D eigenvalue weighted by molar-refractivity contribution is 0.717. The van der Waals surface area contributed by atoms with Gasteiger partial charge in [-0.2, -0.15) is 5.26 Å². The number of hydrogen-bond acceptors (Lipinski definition) is 5. The van der Waals surface area contributed by atoms with Gasteiger partial charge in [-0.15, -0.1) is 0 Å². The van der Waals surface area contributed by atoms with Crippen LogP contribution in [0.3, 0.4) is 0 Å². The molecule has 94 valence electrons. The van der Waals surface area contributed by atoms with E-state index in [1.165, 1.54) is 17.3 Å². The van der Waals surface area contributed by atoms with Crippen LogP contribution in [0.25, 0.3) is 0 Å². The minimum absolute atomic E-state index is 0.370. The molecule has 0 atom stereocenters. The molecule has 0 radical (unpaired) electrons. The smallest absolute Gasteiger partial charge is 0.183 e. The number of nitriles is 1. The summed E-state index contributed by atoms with van der Waals surface area (Å²) >= 11 is 0. The SMILES string of the molecule is N#Cc1nccnc1N1CCc2ccc(N)cc2C1. The zero-order valence-electron chi connectivity index (χ0n) is 10.4. The lowest BCUT2D eigenvalue weighted by atomic mass is 9.99. The van der Waals surface area contributed by atoms with Gasteiger partial charge in [0.2, 0.25) is 0 Å². The van der Waals surface area contributed by atoms with Gasteiger partial charge in [-0.3, -0.25) is 0 Å². The maximum atomic E-state index is 9.09. The quantitative estimate of drug-likeness (QED) is 0.777. The summed E-state index contributed by atoms with van der Waals surface area (Å²) in [6.45, 7) is 1.55. The molecule has 1 aromatic carbocycles. The molecule has 19 heavy (non-hydrogen) atoms. The van der Waals surface area contributed by atoms with E-state index in [-0.39, 0.29) is 0 Å². The first kappa shape index (κ1) is 11.5. The summed E-state index contributed by atoms with van der Waals surface area (Å²) < 4.78 is 0. The van der Waals surface area contributed by atoms with E-state index in [4.69, 9.17) is 11.0 Å². The van der Waals surface area contributed by atoms with Crippen molar-refractivity contribution >= 4 is 11.5 Å². The van der Waals surface area contributed by atoms with Crippen LogP contribution in [-0.2, 0) is 13.0 Å². The fourth-order valence-corrected chi connectivity index (χ4v) is 2.40. The van der Waals surface area contributed by atoms with E-state index >= 15 is 0 Å². The molecule has 0 saturated carbocycles. The summed E-state index contributed by atoms with van der Waals surface area (Å²) in [5.41, 5.74) is 9.47. The fraction of sp³-hybridized carbons (Fsp3) is 0.214. The predicted molar refractivity (Wildman–Crippen MR) is 72.4 cm³/mol. The summed E-state index contributed by atoms with van der Waals surface area (Å²) in [4.78, 5) is 10.4. The summed E-state index contributed by atoms with van der Waals surface area (Å²) in [5, 5.41) is 9.09. The number of nitrogen functional groups attached to an aromatic ring is 1. The lowest BCUT2D eigenvalue weighted by Crippen LogP contribution is -2.31. The predicted octanol–water partition coefficient (Wildman–Crippen LogP) is 1.49. The average Bonchev–Trinajstić information content (AvgIpc) is 2.46. The highest BCUT2D eigenvalue weighted by atomic mass is 15.2. The van der Waals surface area contributed by atoms with E-state index in [0.29, 0.717) is 18.1 Å². The lowest BCUT2D eigenvalue weighted by Gasteiger charge is -2.30. The number of nitrogens with zero attached hydrogens (tertiary/aromatic N) is 4. The maximum absolute atomic E-state index is 9.09. The Kier molecular flexibility index (Phi) is 2.76. The van der Waals surface area contributed by atoms with E-state index < -0.39 is 0 Å². The zero-order chi connectivity index (χ0) is 13.2. The minimum atomic E-state index is 0.370. The highest BCUT2D eigenvalue weighted by Crippen LogP contribution is 2.25. The Labute approximate surface area is 111 Å². The van der Waals surface area contributed by atoms with Crippen LogP contribution in [0.5, 0.6) is 0 Å². The molecule has 0 amide bonds. The number of hydrogen-bond donors (Lipinski definition) is 1. The van der Waals surface area contributed by atoms with Crippen molar-refractivity contribution in [3.8, 4) is 6.07 Å². The van der Waals surface area contributed by atoms with Gasteiger partial charge < -0.3 is 10.6 Å². The van der Waals surface area contributed by atoms with Gasteiger partial charge in [-0.25, -0.2) is 9.97 Å². The van der Waals surface area contributed by atoms with E-state index in [2.05, 4.69) is 27.0 Å². The number of aromatic nitrogens is 2. The highest BCUT2D eigenvalue weighted by Gasteiger charge is 2.20. The Hall–Kier alpha value is -2.61. The van der Waals surface area contributed by atoms with Crippen LogP contribution in [-0.4, -0.2) is 16.5 Å². The van der Waals surface area contributed by atoms with Crippen molar-refractivity contribution in [1.29, 1.82) is 5.26 Å². The number of anilines is 2. The standard InChI is InChI=1S/C14H13N5/c15-8-13-14(18-5-4-17-13)19-6-3-10-1-2-12(16)7-11(10)9-19/h1-2,4-5,7H,3,6,9,16H2. The first-order valence-electron chi connectivity index (χ1n) is 6.11. The van der Waals surface area contributed by atoms with Crippen molar-refractivity contribution in [3.63, 3.8) is 0 Å². The average molecular weight is 251 g/mol. The van der Waals surface area contributed by atoms with Crippen LogP contribution < -0.4 is 10.6 Å². The fourth-order valence-electron chi connectivity index (χ4n) is 2.40. The van der Waals surface area contributed by atoms with Crippen molar-refractivity contribution in [3.05, 3.63) is 47.4 Å². The number of nitrogens with two attached hydrogens (primary N) is 1. The van der Waals surface area contributed by atoms with Crippen LogP contribution in [0.2, 0.25) is 0 Å². The van der Waals surface area contributed by atoms with Gasteiger partial charge in [0.25, 0.3) is 0 Å². The first-order chi connectivity index (χ1) is 9.28. The third-order valence-corrected chi connectivity index (χ3v) is 3.33. The zero-order valence-corrected chi connectivity index (χ0v) is 10.4. The summed E-state index contributed by atoms with van der Waals surface area (Å²) in [6, 6.07) is 8.08. The van der Waals surface area contributed by atoms with Gasteiger partial charge in [-0.1, -0.05) is 6.07 Å². The molecule has 5 heteroatoms. The number of rotatable bonds is 1. The third kappa shape index (κ3) is 2.08. The van der Waals surface area contributed by atoms with Crippen molar-refractivity contribution in [2.75, 3.05) is 17.2 Å². The summed E-state index contributed by atoms with van der Waals surface area (Å²) in [7, 11) is 0. The van der Waals surface area contributed by atoms with Crippen LogP contribution in [0.1, 0.15) is 16.8 Å². The molecule has 1 aliphatic rings. The van der Waals surface area contributed by atoms with Gasteiger partial charge in [0, 0.05) is 31.2 Å². The monoisotopic (exact) mass is 251 g/mol. The molecule has 0 spiro atoms. The van der Waals surface area contributed by atoms with E-state index in [0.717, 1.165) is 18.7 Å². The van der Waals surface area contributed by atoms with Gasteiger partial charge >= 0.3 is 0 Å². The first-order valence-corrected chi connectivity index (χ1v) is 6.11. The third-order valence-electron chi connectivity index (χ3n) is 3.33. The van der Waals surface area contributed by atoms with Crippen molar-refractivity contribution < 1.29 is 0 Å². The van der Waals surface area contributed by atoms with Crippen LogP contribution >= 0.6 is 0 Å². The largest absolute Gasteiger partial charge is 0.399 e. The molecule has 2 N–H and O–H groups in total. The van der Waals surface area contributed by atoms with Gasteiger partial charge in [0.1, 0.15) is 6.07 Å². The molecule has 5 nitrogen and oxygen atoms in total. The second-order valence-corrected chi connectivity index (χ2v) is 4.54. The Morgan fingerprint density at radius 3 is 2.89 bits per heavy atom. The van der Waals surface area contributed by atoms with Crippen molar-refractivity contribution in [2.45, 2.75) is 13.0 Å². The van der Waals surface area contributed by atoms with Gasteiger partial charge in [-0.05, 0) is 29.7 Å². The Morgan fingerprint density at radius 1 is 1.21 bits per heavy atom. The molecule has 1 aromatic heterocycles. The molecule has 0 saturated heterocycles. The molecule has 2 heterocycles. The molecule has 3 rings (SSSR count). The van der Waals surface area contributed by atoms with Crippen molar-refractivity contribution in [2.24, 2.45) is 0 Å². The molecule has 0 unspecified atom stereocenters. The molecular formula is C14H13N5. The molecular weight excluding hydrogens is 238 g/mol. The highest BCUT2D eigenvalue weighted by molar-refractivity contribution is 5.54. The molecule has 2 aromatic rings. The minimum Gasteiger partial charge on any atom is -0.399 e. The molecule has 0 fully saturated rings. The Bertz CT molecular complexity index is 659. The van der Waals surface area contributed by atoms with Crippen LogP contribution in [0.4, 0.5) is 11.5 Å². The summed E-state index contributed by atoms with van der Waals surface area (Å²) in [5.74, 6) is 0.651. The number of benzene rings is 1. The summed E-state index contributed by atoms with van der Waals surface area (Å²) in [6.07, 6.45) is 4.08. The van der Waals surface area contributed by atoms with Gasteiger partial charge in [0.05, 0.1) is 0 Å². The van der Waals surface area contributed by atoms with E-state index in [9.17, 15) is 0 Å².